The first-order chi connectivity index (χ1) is 8.99. The Labute approximate surface area is 115 Å². The molecule has 19 heavy (non-hydrogen) atoms. The molecule has 0 saturated carbocycles. The van der Waals surface area contributed by atoms with Crippen LogP contribution in [0.4, 0.5) is 4.39 Å². The summed E-state index contributed by atoms with van der Waals surface area (Å²) in [6, 6.07) is 6.06. The highest BCUT2D eigenvalue weighted by Gasteiger charge is 2.09. The number of halogens is 2. The zero-order chi connectivity index (χ0) is 14.0. The van der Waals surface area contributed by atoms with Crippen molar-refractivity contribution in [3.05, 3.63) is 58.1 Å². The maximum atomic E-state index is 13.5. The molecule has 5 heteroatoms. The van der Waals surface area contributed by atoms with E-state index in [1.165, 1.54) is 29.0 Å². The zero-order valence-corrected chi connectivity index (χ0v) is 11.3. The average molecular weight is 279 g/mol. The summed E-state index contributed by atoms with van der Waals surface area (Å²) in [5.41, 5.74) is 1.40. The Bertz CT molecular complexity index is 641. The number of aromatic nitrogens is 2. The summed E-state index contributed by atoms with van der Waals surface area (Å²) in [5, 5.41) is 4.35. The van der Waals surface area contributed by atoms with Gasteiger partial charge < -0.3 is 0 Å². The van der Waals surface area contributed by atoms with Crippen LogP contribution in [0.2, 0.25) is 5.02 Å². The highest BCUT2D eigenvalue weighted by atomic mass is 35.5. The molecule has 2 aromatic rings. The molecule has 0 N–H and O–H groups in total. The van der Waals surface area contributed by atoms with Crippen LogP contribution < -0.4 is 0 Å². The number of carbonyl (C=O) groups is 1. The Morgan fingerprint density at radius 2 is 2.21 bits per heavy atom. The molecule has 0 aliphatic carbocycles. The molecule has 1 heterocycles. The number of rotatable bonds is 3. The lowest BCUT2D eigenvalue weighted by Crippen LogP contribution is -2.03. The average Bonchev–Trinajstić information content (AvgIpc) is 2.67. The maximum absolute atomic E-state index is 13.5. The second-order valence-electron chi connectivity index (χ2n) is 4.13. The van der Waals surface area contributed by atoms with Gasteiger partial charge in [0, 0.05) is 12.6 Å². The minimum atomic E-state index is -0.460. The summed E-state index contributed by atoms with van der Waals surface area (Å²) in [4.78, 5) is 12.0. The molecule has 0 fully saturated rings. The lowest BCUT2D eigenvalue weighted by atomic mass is 10.1. The quantitative estimate of drug-likeness (QED) is 0.637. The molecule has 0 amide bonds. The predicted octanol–water partition coefficient (Wildman–Crippen LogP) is 3.42. The third-order valence-corrected chi connectivity index (χ3v) is 2.99. The summed E-state index contributed by atoms with van der Waals surface area (Å²) < 4.78 is 15.0. The van der Waals surface area contributed by atoms with Gasteiger partial charge in [-0.25, -0.2) is 4.39 Å². The van der Waals surface area contributed by atoms with Gasteiger partial charge in [0.2, 0.25) is 5.78 Å². The van der Waals surface area contributed by atoms with Crippen LogP contribution in [0.25, 0.3) is 6.08 Å². The number of carbonyl (C=O) groups excluding carboxylic acids is 1. The predicted molar refractivity (Wildman–Crippen MR) is 72.7 cm³/mol. The number of allylic oxidation sites excluding steroid dienone is 1. The minimum Gasteiger partial charge on any atom is -0.288 e. The van der Waals surface area contributed by atoms with E-state index in [9.17, 15) is 9.18 Å². The summed E-state index contributed by atoms with van der Waals surface area (Å²) >= 11 is 5.87. The van der Waals surface area contributed by atoms with Crippen molar-refractivity contribution < 1.29 is 9.18 Å². The summed E-state index contributed by atoms with van der Waals surface area (Å²) in [6.07, 6.45) is 2.67. The highest BCUT2D eigenvalue weighted by molar-refractivity contribution is 6.32. The lowest BCUT2D eigenvalue weighted by molar-refractivity contribution is 0.103. The molecule has 2 rings (SSSR count). The van der Waals surface area contributed by atoms with Crippen LogP contribution in [0.15, 0.2) is 30.3 Å². The summed E-state index contributed by atoms with van der Waals surface area (Å²) in [5.74, 6) is -0.708. The van der Waals surface area contributed by atoms with Crippen LogP contribution in [0.1, 0.15) is 21.7 Å². The van der Waals surface area contributed by atoms with Crippen LogP contribution in [-0.4, -0.2) is 15.6 Å². The summed E-state index contributed by atoms with van der Waals surface area (Å²) in [7, 11) is 1.68. The largest absolute Gasteiger partial charge is 0.288 e. The Morgan fingerprint density at radius 1 is 1.47 bits per heavy atom. The summed E-state index contributed by atoms with van der Waals surface area (Å²) in [6.45, 7) is 1.80. The molecule has 0 aliphatic rings. The Hall–Kier alpha value is -1.94. The van der Waals surface area contributed by atoms with Gasteiger partial charge in [-0.05, 0) is 37.3 Å². The molecular weight excluding hydrogens is 267 g/mol. The van der Waals surface area contributed by atoms with E-state index in [0.717, 1.165) is 5.69 Å². The normalized spacial score (nSPS) is 11.2. The van der Waals surface area contributed by atoms with Crippen LogP contribution >= 0.6 is 11.6 Å². The van der Waals surface area contributed by atoms with Gasteiger partial charge in [0.25, 0.3) is 0 Å². The second-order valence-corrected chi connectivity index (χ2v) is 4.53. The SMILES string of the molecule is Cc1cc(C(=O)/C=C/c2c(F)cccc2Cl)n(C)n1. The number of nitrogens with zero attached hydrogens (tertiary/aromatic N) is 2. The van der Waals surface area contributed by atoms with Gasteiger partial charge in [-0.2, -0.15) is 5.10 Å². The molecule has 0 aliphatic heterocycles. The van der Waals surface area contributed by atoms with Crippen molar-refractivity contribution in [2.45, 2.75) is 6.92 Å². The topological polar surface area (TPSA) is 34.9 Å². The molecule has 0 saturated heterocycles. The standard InChI is InChI=1S/C14H12ClFN2O/c1-9-8-13(18(2)17-9)14(19)7-6-10-11(15)4-3-5-12(10)16/h3-8H,1-2H3/b7-6+. The molecule has 0 radical (unpaired) electrons. The number of hydrogen-bond donors (Lipinski definition) is 0. The van der Waals surface area contributed by atoms with Gasteiger partial charge in [-0.3, -0.25) is 9.48 Å². The first kappa shape index (κ1) is 13.5. The first-order valence-corrected chi connectivity index (χ1v) is 6.04. The van der Waals surface area contributed by atoms with Gasteiger partial charge in [0.15, 0.2) is 0 Å². The first-order valence-electron chi connectivity index (χ1n) is 5.66. The smallest absolute Gasteiger partial charge is 0.203 e. The maximum Gasteiger partial charge on any atom is 0.203 e. The van der Waals surface area contributed by atoms with Gasteiger partial charge >= 0.3 is 0 Å². The number of aryl methyl sites for hydroxylation is 2. The van der Waals surface area contributed by atoms with E-state index >= 15 is 0 Å². The fourth-order valence-electron chi connectivity index (χ4n) is 1.76. The van der Waals surface area contributed by atoms with Crippen molar-refractivity contribution in [1.82, 2.24) is 9.78 Å². The second kappa shape index (κ2) is 5.36. The van der Waals surface area contributed by atoms with Crippen LogP contribution in [0, 0.1) is 12.7 Å². The monoisotopic (exact) mass is 278 g/mol. The number of ketones is 1. The van der Waals surface area contributed by atoms with Crippen molar-refractivity contribution in [3.63, 3.8) is 0 Å². The Kier molecular flexibility index (Phi) is 3.81. The molecule has 1 aromatic carbocycles. The molecule has 0 bridgehead atoms. The van der Waals surface area contributed by atoms with Crippen molar-refractivity contribution in [3.8, 4) is 0 Å². The molecule has 1 aromatic heterocycles. The van der Waals surface area contributed by atoms with Gasteiger partial charge in [0.05, 0.1) is 10.7 Å². The lowest BCUT2D eigenvalue weighted by Gasteiger charge is -1.99. The number of hydrogen-bond acceptors (Lipinski definition) is 2. The molecule has 0 spiro atoms. The van der Waals surface area contributed by atoms with Crippen molar-refractivity contribution in [1.29, 1.82) is 0 Å². The Morgan fingerprint density at radius 3 is 2.79 bits per heavy atom. The zero-order valence-electron chi connectivity index (χ0n) is 10.5. The third kappa shape index (κ3) is 2.90. The minimum absolute atomic E-state index is 0.205. The molecule has 98 valence electrons. The van der Waals surface area contributed by atoms with Gasteiger partial charge in [0.1, 0.15) is 11.5 Å². The molecule has 0 atom stereocenters. The van der Waals surface area contributed by atoms with E-state index in [2.05, 4.69) is 5.10 Å². The van der Waals surface area contributed by atoms with Crippen molar-refractivity contribution in [2.75, 3.05) is 0 Å². The van der Waals surface area contributed by atoms with E-state index in [1.807, 2.05) is 0 Å². The van der Waals surface area contributed by atoms with Crippen molar-refractivity contribution in [2.24, 2.45) is 7.05 Å². The number of benzene rings is 1. The molecular formula is C14H12ClFN2O. The third-order valence-electron chi connectivity index (χ3n) is 2.66. The van der Waals surface area contributed by atoms with E-state index in [4.69, 9.17) is 11.6 Å². The highest BCUT2D eigenvalue weighted by Crippen LogP contribution is 2.20. The Balaban J connectivity index is 2.28. The van der Waals surface area contributed by atoms with Gasteiger partial charge in [-0.1, -0.05) is 17.7 Å². The fourth-order valence-corrected chi connectivity index (χ4v) is 1.98. The van der Waals surface area contributed by atoms with Crippen LogP contribution in [0.3, 0.4) is 0 Å². The van der Waals surface area contributed by atoms with Crippen LogP contribution in [-0.2, 0) is 7.05 Å². The molecule has 0 unspecified atom stereocenters. The van der Waals surface area contributed by atoms with Gasteiger partial charge in [-0.15, -0.1) is 0 Å². The van der Waals surface area contributed by atoms with Crippen LogP contribution in [0.5, 0.6) is 0 Å². The molecule has 3 nitrogen and oxygen atoms in total. The van der Waals surface area contributed by atoms with E-state index in [-0.39, 0.29) is 16.4 Å². The van der Waals surface area contributed by atoms with E-state index in [1.54, 1.807) is 26.1 Å². The van der Waals surface area contributed by atoms with Crippen molar-refractivity contribution >= 4 is 23.5 Å². The fraction of sp³-hybridized carbons (Fsp3) is 0.143. The van der Waals surface area contributed by atoms with E-state index < -0.39 is 5.82 Å². The van der Waals surface area contributed by atoms with E-state index in [0.29, 0.717) is 5.69 Å².